The van der Waals surface area contributed by atoms with Crippen LogP contribution < -0.4 is 10.6 Å². The summed E-state index contributed by atoms with van der Waals surface area (Å²) in [6.45, 7) is 9.16. The van der Waals surface area contributed by atoms with Crippen molar-refractivity contribution in [2.24, 2.45) is 4.99 Å². The Balaban J connectivity index is 1.72. The zero-order valence-corrected chi connectivity index (χ0v) is 16.1. The predicted molar refractivity (Wildman–Crippen MR) is 101 cm³/mol. The molecule has 132 valence electrons. The van der Waals surface area contributed by atoms with Gasteiger partial charge in [-0.2, -0.15) is 0 Å². The number of aryl methyl sites for hydroxylation is 3. The molecule has 0 aromatic carbocycles. The number of nitrogens with zero attached hydrogens (tertiary/aromatic N) is 2. The van der Waals surface area contributed by atoms with Crippen LogP contribution in [0.2, 0.25) is 0 Å². The van der Waals surface area contributed by atoms with Crippen LogP contribution in [0, 0.1) is 20.8 Å². The molecule has 0 spiro atoms. The van der Waals surface area contributed by atoms with E-state index in [0.717, 1.165) is 43.2 Å². The number of aromatic nitrogens is 1. The zero-order chi connectivity index (χ0) is 17.5. The summed E-state index contributed by atoms with van der Waals surface area (Å²) in [6.07, 6.45) is 3.00. The lowest BCUT2D eigenvalue weighted by atomic mass is 10.1. The molecule has 0 fully saturated rings. The molecule has 0 saturated heterocycles. The highest BCUT2D eigenvalue weighted by molar-refractivity contribution is 7.11. The van der Waals surface area contributed by atoms with E-state index in [1.165, 1.54) is 15.3 Å². The highest BCUT2D eigenvalue weighted by Crippen LogP contribution is 2.16. The monoisotopic (exact) mass is 348 g/mol. The van der Waals surface area contributed by atoms with Gasteiger partial charge in [0.2, 0.25) is 0 Å². The van der Waals surface area contributed by atoms with E-state index >= 15 is 0 Å². The quantitative estimate of drug-likeness (QED) is 0.457. The van der Waals surface area contributed by atoms with Crippen LogP contribution in [0.5, 0.6) is 0 Å². The van der Waals surface area contributed by atoms with E-state index in [4.69, 9.17) is 4.52 Å². The van der Waals surface area contributed by atoms with Gasteiger partial charge in [-0.05, 0) is 52.7 Å². The minimum Gasteiger partial charge on any atom is -0.361 e. The Bertz CT molecular complexity index is 655. The van der Waals surface area contributed by atoms with E-state index < -0.39 is 0 Å². The molecule has 2 rings (SSSR count). The van der Waals surface area contributed by atoms with E-state index in [1.54, 1.807) is 0 Å². The molecule has 1 atom stereocenters. The first kappa shape index (κ1) is 18.5. The Kier molecular flexibility index (Phi) is 6.85. The first-order valence-electron chi connectivity index (χ1n) is 8.43. The molecule has 0 aliphatic heterocycles. The summed E-state index contributed by atoms with van der Waals surface area (Å²) < 4.78 is 5.20. The third kappa shape index (κ3) is 5.37. The van der Waals surface area contributed by atoms with Crippen LogP contribution in [0.4, 0.5) is 0 Å². The normalized spacial score (nSPS) is 13.1. The third-order valence-electron chi connectivity index (χ3n) is 3.99. The predicted octanol–water partition coefficient (Wildman–Crippen LogP) is 3.39. The van der Waals surface area contributed by atoms with Crippen molar-refractivity contribution in [2.45, 2.75) is 53.0 Å². The number of nitrogens with one attached hydrogen (secondary N) is 2. The minimum absolute atomic E-state index is 0.344. The van der Waals surface area contributed by atoms with Gasteiger partial charge < -0.3 is 15.2 Å². The number of aliphatic imine (C=N–C) groups is 1. The van der Waals surface area contributed by atoms with Crippen molar-refractivity contribution in [2.75, 3.05) is 13.6 Å². The summed E-state index contributed by atoms with van der Waals surface area (Å²) in [4.78, 5) is 7.08. The van der Waals surface area contributed by atoms with Crippen LogP contribution >= 0.6 is 11.3 Å². The van der Waals surface area contributed by atoms with Crippen molar-refractivity contribution in [1.29, 1.82) is 0 Å². The van der Waals surface area contributed by atoms with E-state index in [-0.39, 0.29) is 0 Å². The topological polar surface area (TPSA) is 62.5 Å². The van der Waals surface area contributed by atoms with Crippen LogP contribution in [0.3, 0.4) is 0 Å². The molecule has 0 amide bonds. The molecule has 0 bridgehead atoms. The Morgan fingerprint density at radius 1 is 1.33 bits per heavy atom. The molecule has 24 heavy (non-hydrogen) atoms. The first-order valence-corrected chi connectivity index (χ1v) is 9.25. The van der Waals surface area contributed by atoms with Gasteiger partial charge in [0.1, 0.15) is 5.76 Å². The van der Waals surface area contributed by atoms with E-state index in [0.29, 0.717) is 6.04 Å². The maximum atomic E-state index is 5.20. The van der Waals surface area contributed by atoms with Gasteiger partial charge in [0, 0.05) is 41.4 Å². The van der Waals surface area contributed by atoms with E-state index in [1.807, 2.05) is 32.2 Å². The van der Waals surface area contributed by atoms with Gasteiger partial charge in [0.25, 0.3) is 0 Å². The molecule has 2 aromatic heterocycles. The number of hydrogen-bond donors (Lipinski definition) is 2. The summed E-state index contributed by atoms with van der Waals surface area (Å²) >= 11 is 1.86. The fourth-order valence-electron chi connectivity index (χ4n) is 2.71. The van der Waals surface area contributed by atoms with Gasteiger partial charge in [-0.1, -0.05) is 5.16 Å². The van der Waals surface area contributed by atoms with Crippen molar-refractivity contribution < 1.29 is 4.52 Å². The summed E-state index contributed by atoms with van der Waals surface area (Å²) in [6, 6.07) is 4.73. The maximum Gasteiger partial charge on any atom is 0.191 e. The van der Waals surface area contributed by atoms with Crippen molar-refractivity contribution in [3.05, 3.63) is 38.9 Å². The molecular formula is C18H28N4OS. The molecule has 0 aliphatic carbocycles. The lowest BCUT2D eigenvalue weighted by Crippen LogP contribution is -2.43. The van der Waals surface area contributed by atoms with Crippen LogP contribution in [-0.4, -0.2) is 30.8 Å². The largest absolute Gasteiger partial charge is 0.361 e. The lowest BCUT2D eigenvalue weighted by molar-refractivity contribution is 0.392. The molecule has 2 heterocycles. The molecule has 5 nitrogen and oxygen atoms in total. The summed E-state index contributed by atoms with van der Waals surface area (Å²) in [5.41, 5.74) is 2.22. The summed E-state index contributed by atoms with van der Waals surface area (Å²) in [5.74, 6) is 1.78. The second-order valence-corrected chi connectivity index (χ2v) is 7.54. The van der Waals surface area contributed by atoms with Crippen molar-refractivity contribution in [3.8, 4) is 0 Å². The SMILES string of the molecule is CN=C(NCCCc1c(C)noc1C)NC(C)Cc1ccc(C)s1. The molecule has 1 unspecified atom stereocenters. The molecule has 2 N–H and O–H groups in total. The average molecular weight is 349 g/mol. The number of guanidine groups is 1. The molecule has 0 radical (unpaired) electrons. The van der Waals surface area contributed by atoms with Crippen LogP contribution in [0.1, 0.15) is 40.1 Å². The van der Waals surface area contributed by atoms with Gasteiger partial charge >= 0.3 is 0 Å². The molecule has 0 aliphatic rings. The van der Waals surface area contributed by atoms with Gasteiger partial charge in [-0.15, -0.1) is 11.3 Å². The molecular weight excluding hydrogens is 320 g/mol. The Hall–Kier alpha value is -1.82. The van der Waals surface area contributed by atoms with Gasteiger partial charge in [0.15, 0.2) is 5.96 Å². The minimum atomic E-state index is 0.344. The molecule has 2 aromatic rings. The number of hydrogen-bond acceptors (Lipinski definition) is 4. The smallest absolute Gasteiger partial charge is 0.191 e. The zero-order valence-electron chi connectivity index (χ0n) is 15.3. The van der Waals surface area contributed by atoms with E-state index in [2.05, 4.69) is 46.8 Å². The second-order valence-electron chi connectivity index (χ2n) is 6.17. The van der Waals surface area contributed by atoms with Gasteiger partial charge in [0.05, 0.1) is 5.69 Å². The van der Waals surface area contributed by atoms with Crippen molar-refractivity contribution in [1.82, 2.24) is 15.8 Å². The third-order valence-corrected chi connectivity index (χ3v) is 5.01. The fraction of sp³-hybridized carbons (Fsp3) is 0.556. The molecule has 6 heteroatoms. The summed E-state index contributed by atoms with van der Waals surface area (Å²) in [7, 11) is 1.81. The first-order chi connectivity index (χ1) is 11.5. The van der Waals surface area contributed by atoms with Crippen LogP contribution in [-0.2, 0) is 12.8 Å². The van der Waals surface area contributed by atoms with Gasteiger partial charge in [-0.3, -0.25) is 4.99 Å². The van der Waals surface area contributed by atoms with Crippen molar-refractivity contribution in [3.63, 3.8) is 0 Å². The number of thiophene rings is 1. The van der Waals surface area contributed by atoms with E-state index in [9.17, 15) is 0 Å². The maximum absolute atomic E-state index is 5.20. The lowest BCUT2D eigenvalue weighted by Gasteiger charge is -2.17. The number of rotatable bonds is 7. The van der Waals surface area contributed by atoms with Crippen LogP contribution in [0.15, 0.2) is 21.6 Å². The fourth-order valence-corrected chi connectivity index (χ4v) is 3.73. The molecule has 0 saturated carbocycles. The van der Waals surface area contributed by atoms with Crippen molar-refractivity contribution >= 4 is 17.3 Å². The van der Waals surface area contributed by atoms with Gasteiger partial charge in [-0.25, -0.2) is 0 Å². The standard InChI is InChI=1S/C18H28N4OS/c1-12(11-16-9-8-13(2)24-16)21-18(19-5)20-10-6-7-17-14(3)22-23-15(17)4/h8-9,12H,6-7,10-11H2,1-5H3,(H2,19,20,21). The average Bonchev–Trinajstić information content (AvgIpc) is 3.09. The highest BCUT2D eigenvalue weighted by atomic mass is 32.1. The second kappa shape index (κ2) is 8.87. The van der Waals surface area contributed by atoms with Crippen LogP contribution in [0.25, 0.3) is 0 Å². The Morgan fingerprint density at radius 2 is 2.12 bits per heavy atom. The Morgan fingerprint density at radius 3 is 2.71 bits per heavy atom. The highest BCUT2D eigenvalue weighted by Gasteiger charge is 2.10. The summed E-state index contributed by atoms with van der Waals surface area (Å²) in [5, 5.41) is 10.8. The Labute approximate surface area is 148 Å².